The van der Waals surface area contributed by atoms with Gasteiger partial charge in [-0.05, 0) is 37.5 Å². The van der Waals surface area contributed by atoms with Gasteiger partial charge in [-0.25, -0.2) is 8.42 Å². The van der Waals surface area contributed by atoms with Gasteiger partial charge < -0.3 is 11.1 Å². The number of hydrogen-bond acceptors (Lipinski definition) is 4. The fourth-order valence-corrected chi connectivity index (χ4v) is 3.26. The second-order valence-electron chi connectivity index (χ2n) is 4.88. The highest BCUT2D eigenvalue weighted by Crippen LogP contribution is 2.18. The molecule has 0 bridgehead atoms. The zero-order valence-electron chi connectivity index (χ0n) is 12.0. The molecule has 6 heteroatoms. The summed E-state index contributed by atoms with van der Waals surface area (Å²) in [4.78, 5) is 11.8. The summed E-state index contributed by atoms with van der Waals surface area (Å²) >= 11 is 0. The van der Waals surface area contributed by atoms with Crippen molar-refractivity contribution in [3.8, 4) is 0 Å². The molecule has 0 fully saturated rings. The number of nitrogens with two attached hydrogens (primary N) is 1. The molecule has 0 atom stereocenters. The first-order valence-corrected chi connectivity index (χ1v) is 8.52. The van der Waals surface area contributed by atoms with Crippen LogP contribution in [0.25, 0.3) is 0 Å². The van der Waals surface area contributed by atoms with E-state index in [-0.39, 0.29) is 23.8 Å². The fraction of sp³-hybridized carbons (Fsp3) is 0.500. The molecule has 112 valence electrons. The number of hydrogen-bond donors (Lipinski definition) is 2. The van der Waals surface area contributed by atoms with Gasteiger partial charge in [0.2, 0.25) is 5.91 Å². The number of aryl methyl sites for hydroxylation is 1. The molecule has 0 aliphatic heterocycles. The first-order valence-electron chi connectivity index (χ1n) is 6.70. The summed E-state index contributed by atoms with van der Waals surface area (Å²) < 4.78 is 23.0. The van der Waals surface area contributed by atoms with Gasteiger partial charge in [-0.1, -0.05) is 13.0 Å². The Hall–Kier alpha value is -1.56. The SMILES string of the molecule is CCCS(=O)(=O)CCCC(=O)Nc1cc(N)ccc1C. The van der Waals surface area contributed by atoms with Crippen molar-refractivity contribution in [2.24, 2.45) is 0 Å². The van der Waals surface area contributed by atoms with Gasteiger partial charge in [-0.15, -0.1) is 0 Å². The molecule has 20 heavy (non-hydrogen) atoms. The average Bonchev–Trinajstić information content (AvgIpc) is 2.33. The molecule has 0 saturated heterocycles. The van der Waals surface area contributed by atoms with Crippen LogP contribution >= 0.6 is 0 Å². The molecular weight excluding hydrogens is 276 g/mol. The van der Waals surface area contributed by atoms with Crippen molar-refractivity contribution in [2.75, 3.05) is 22.6 Å². The van der Waals surface area contributed by atoms with Crippen molar-refractivity contribution in [1.82, 2.24) is 0 Å². The van der Waals surface area contributed by atoms with Gasteiger partial charge >= 0.3 is 0 Å². The molecule has 0 unspecified atom stereocenters. The van der Waals surface area contributed by atoms with Crippen molar-refractivity contribution in [1.29, 1.82) is 0 Å². The van der Waals surface area contributed by atoms with E-state index < -0.39 is 9.84 Å². The summed E-state index contributed by atoms with van der Waals surface area (Å²) in [6.45, 7) is 3.70. The van der Waals surface area contributed by atoms with Crippen LogP contribution in [-0.2, 0) is 14.6 Å². The van der Waals surface area contributed by atoms with Gasteiger partial charge in [0.15, 0.2) is 0 Å². The molecule has 3 N–H and O–H groups in total. The largest absolute Gasteiger partial charge is 0.399 e. The Labute approximate surface area is 120 Å². The minimum Gasteiger partial charge on any atom is -0.399 e. The number of amides is 1. The number of anilines is 2. The number of nitrogen functional groups attached to an aromatic ring is 1. The smallest absolute Gasteiger partial charge is 0.224 e. The monoisotopic (exact) mass is 298 g/mol. The van der Waals surface area contributed by atoms with Gasteiger partial charge in [-0.3, -0.25) is 4.79 Å². The Morgan fingerprint density at radius 3 is 2.65 bits per heavy atom. The Balaban J connectivity index is 2.47. The molecule has 0 heterocycles. The molecular formula is C14H22N2O3S. The molecule has 0 radical (unpaired) electrons. The van der Waals surface area contributed by atoms with Gasteiger partial charge in [0.25, 0.3) is 0 Å². The van der Waals surface area contributed by atoms with Gasteiger partial charge in [0.05, 0.1) is 5.75 Å². The maximum Gasteiger partial charge on any atom is 0.224 e. The van der Waals surface area contributed by atoms with E-state index in [4.69, 9.17) is 5.73 Å². The first kappa shape index (κ1) is 16.5. The van der Waals surface area contributed by atoms with Crippen LogP contribution in [0.4, 0.5) is 11.4 Å². The number of benzene rings is 1. The summed E-state index contributed by atoms with van der Waals surface area (Å²) in [6, 6.07) is 5.29. The molecule has 0 aliphatic carbocycles. The second-order valence-corrected chi connectivity index (χ2v) is 7.18. The summed E-state index contributed by atoms with van der Waals surface area (Å²) in [5.74, 6) is 0.0537. The quantitative estimate of drug-likeness (QED) is 0.755. The third-order valence-electron chi connectivity index (χ3n) is 2.91. The topological polar surface area (TPSA) is 89.3 Å². The number of carbonyl (C=O) groups is 1. The zero-order chi connectivity index (χ0) is 15.2. The zero-order valence-corrected chi connectivity index (χ0v) is 12.8. The average molecular weight is 298 g/mol. The van der Waals surface area contributed by atoms with E-state index in [0.29, 0.717) is 24.2 Å². The lowest BCUT2D eigenvalue weighted by atomic mass is 10.1. The Kier molecular flexibility index (Phi) is 6.01. The van der Waals surface area contributed by atoms with Crippen LogP contribution in [0.15, 0.2) is 18.2 Å². The minimum absolute atomic E-state index is 0.0597. The van der Waals surface area contributed by atoms with Crippen LogP contribution in [-0.4, -0.2) is 25.8 Å². The standard InChI is InChI=1S/C14H22N2O3S/c1-3-8-20(18,19)9-4-5-14(17)16-13-10-12(15)7-6-11(13)2/h6-7,10H,3-5,8-9,15H2,1-2H3,(H,16,17). The lowest BCUT2D eigenvalue weighted by Gasteiger charge is -2.09. The molecule has 0 aliphatic rings. The van der Waals surface area contributed by atoms with E-state index in [1.54, 1.807) is 12.1 Å². The third kappa shape index (κ3) is 5.61. The van der Waals surface area contributed by atoms with E-state index in [1.165, 1.54) is 0 Å². The third-order valence-corrected chi connectivity index (χ3v) is 4.85. The molecule has 0 spiro atoms. The van der Waals surface area contributed by atoms with Crippen LogP contribution in [0.3, 0.4) is 0 Å². The van der Waals surface area contributed by atoms with E-state index in [1.807, 2.05) is 19.9 Å². The molecule has 5 nitrogen and oxygen atoms in total. The van der Waals surface area contributed by atoms with E-state index in [2.05, 4.69) is 5.32 Å². The number of nitrogens with one attached hydrogen (secondary N) is 1. The molecule has 0 saturated carbocycles. The highest BCUT2D eigenvalue weighted by atomic mass is 32.2. The van der Waals surface area contributed by atoms with Gasteiger partial charge in [-0.2, -0.15) is 0 Å². The maximum absolute atomic E-state index is 11.8. The Morgan fingerprint density at radius 2 is 2.00 bits per heavy atom. The van der Waals surface area contributed by atoms with E-state index in [9.17, 15) is 13.2 Å². The Bertz CT molecular complexity index is 568. The van der Waals surface area contributed by atoms with E-state index in [0.717, 1.165) is 5.56 Å². The van der Waals surface area contributed by atoms with Crippen molar-refractivity contribution in [3.05, 3.63) is 23.8 Å². The molecule has 1 aromatic rings. The van der Waals surface area contributed by atoms with Gasteiger partial charge in [0.1, 0.15) is 9.84 Å². The first-order chi connectivity index (χ1) is 9.34. The predicted molar refractivity (Wildman–Crippen MR) is 82.4 cm³/mol. The Morgan fingerprint density at radius 1 is 1.30 bits per heavy atom. The fourth-order valence-electron chi connectivity index (χ4n) is 1.85. The van der Waals surface area contributed by atoms with Crippen LogP contribution in [0, 0.1) is 6.92 Å². The summed E-state index contributed by atoms with van der Waals surface area (Å²) in [6.07, 6.45) is 1.14. The van der Waals surface area contributed by atoms with Crippen molar-refractivity contribution >= 4 is 27.1 Å². The predicted octanol–water partition coefficient (Wildman–Crippen LogP) is 2.12. The number of rotatable bonds is 7. The highest BCUT2D eigenvalue weighted by molar-refractivity contribution is 7.91. The van der Waals surface area contributed by atoms with E-state index >= 15 is 0 Å². The van der Waals surface area contributed by atoms with Crippen LogP contribution < -0.4 is 11.1 Å². The molecule has 0 aromatic heterocycles. The highest BCUT2D eigenvalue weighted by Gasteiger charge is 2.11. The molecule has 1 rings (SSSR count). The maximum atomic E-state index is 11.8. The van der Waals surface area contributed by atoms with Crippen molar-refractivity contribution in [2.45, 2.75) is 33.1 Å². The van der Waals surface area contributed by atoms with Gasteiger partial charge in [0, 0.05) is 23.5 Å². The summed E-state index contributed by atoms with van der Waals surface area (Å²) in [5, 5.41) is 2.76. The summed E-state index contributed by atoms with van der Waals surface area (Å²) in [7, 11) is -3.02. The molecule has 1 amide bonds. The lowest BCUT2D eigenvalue weighted by Crippen LogP contribution is -2.16. The van der Waals surface area contributed by atoms with Crippen LogP contribution in [0.5, 0.6) is 0 Å². The lowest BCUT2D eigenvalue weighted by molar-refractivity contribution is -0.116. The van der Waals surface area contributed by atoms with Crippen LogP contribution in [0.1, 0.15) is 31.7 Å². The van der Waals surface area contributed by atoms with Crippen molar-refractivity contribution < 1.29 is 13.2 Å². The van der Waals surface area contributed by atoms with Crippen molar-refractivity contribution in [3.63, 3.8) is 0 Å². The summed E-state index contributed by atoms with van der Waals surface area (Å²) in [5.41, 5.74) is 7.84. The van der Waals surface area contributed by atoms with Crippen LogP contribution in [0.2, 0.25) is 0 Å². The number of sulfone groups is 1. The normalized spacial score (nSPS) is 11.3. The second kappa shape index (κ2) is 7.28. The number of carbonyl (C=O) groups excluding carboxylic acids is 1. The minimum atomic E-state index is -3.02. The molecule has 1 aromatic carbocycles.